The van der Waals surface area contributed by atoms with Crippen molar-refractivity contribution in [3.63, 3.8) is 0 Å². The fourth-order valence-electron chi connectivity index (χ4n) is 2.29. The van der Waals surface area contributed by atoms with Crippen molar-refractivity contribution in [1.29, 1.82) is 0 Å². The van der Waals surface area contributed by atoms with Gasteiger partial charge in [-0.05, 0) is 44.0 Å². The molecule has 1 aromatic carbocycles. The van der Waals surface area contributed by atoms with E-state index in [2.05, 4.69) is 15.0 Å². The number of aromatic nitrogens is 1. The van der Waals surface area contributed by atoms with Gasteiger partial charge in [-0.15, -0.1) is 0 Å². The fraction of sp³-hybridized carbons (Fsp3) is 0.294. The van der Waals surface area contributed by atoms with E-state index in [0.717, 1.165) is 11.1 Å². The van der Waals surface area contributed by atoms with Gasteiger partial charge in [-0.1, -0.05) is 23.8 Å². The van der Waals surface area contributed by atoms with Gasteiger partial charge in [-0.25, -0.2) is 18.1 Å². The third-order valence-electron chi connectivity index (χ3n) is 3.53. The molecule has 0 radical (unpaired) electrons. The molecule has 1 heterocycles. The molecule has 2 N–H and O–H groups in total. The molecule has 0 aliphatic carbocycles. The third kappa shape index (κ3) is 4.62. The van der Waals surface area contributed by atoms with Gasteiger partial charge in [0.15, 0.2) is 0 Å². The molecular formula is C17H21N3O3S. The van der Waals surface area contributed by atoms with Gasteiger partial charge >= 0.3 is 0 Å². The lowest BCUT2D eigenvalue weighted by Crippen LogP contribution is -2.28. The maximum absolute atomic E-state index is 12.3. The average molecular weight is 347 g/mol. The predicted molar refractivity (Wildman–Crippen MR) is 93.3 cm³/mol. The maximum Gasteiger partial charge on any atom is 0.240 e. The van der Waals surface area contributed by atoms with Crippen molar-refractivity contribution < 1.29 is 13.2 Å². The molecule has 0 unspecified atom stereocenters. The predicted octanol–water partition coefficient (Wildman–Crippen LogP) is 2.31. The van der Waals surface area contributed by atoms with Crippen molar-refractivity contribution in [2.75, 3.05) is 11.9 Å². The molecule has 6 nitrogen and oxygen atoms in total. The van der Waals surface area contributed by atoms with Gasteiger partial charge in [0.1, 0.15) is 5.82 Å². The minimum Gasteiger partial charge on any atom is -0.310 e. The number of pyridine rings is 1. The molecule has 2 rings (SSSR count). The summed E-state index contributed by atoms with van der Waals surface area (Å²) < 4.78 is 27.1. The molecule has 0 atom stereocenters. The highest BCUT2D eigenvalue weighted by Gasteiger charge is 2.16. The third-order valence-corrected chi connectivity index (χ3v) is 5.15. The number of carbonyl (C=O) groups excluding carboxylic acids is 1. The lowest BCUT2D eigenvalue weighted by atomic mass is 10.2. The van der Waals surface area contributed by atoms with Crippen LogP contribution in [0.3, 0.4) is 0 Å². The number of rotatable bonds is 6. The first-order valence-electron chi connectivity index (χ1n) is 7.58. The van der Waals surface area contributed by atoms with Crippen molar-refractivity contribution >= 4 is 21.7 Å². The second-order valence-corrected chi connectivity index (χ2v) is 7.37. The SMILES string of the molecule is Cc1ccc(S(=O)(=O)NCCC(=O)Nc2ncccc2C)c(C)c1. The number of amides is 1. The number of anilines is 1. The first-order valence-corrected chi connectivity index (χ1v) is 9.06. The number of aryl methyl sites for hydroxylation is 3. The Labute approximate surface area is 142 Å². The number of nitrogens with zero attached hydrogens (tertiary/aromatic N) is 1. The number of carbonyl (C=O) groups is 1. The molecule has 1 aromatic heterocycles. The molecule has 0 fully saturated rings. The standard InChI is InChI=1S/C17H21N3O3S/c1-12-6-7-15(14(3)11-12)24(22,23)19-10-8-16(21)20-17-13(2)5-4-9-18-17/h4-7,9,11,19H,8,10H2,1-3H3,(H,18,20,21). The molecule has 0 aliphatic heterocycles. The second kappa shape index (κ2) is 7.55. The molecule has 7 heteroatoms. The Hall–Kier alpha value is -2.25. The molecule has 0 aliphatic rings. The summed E-state index contributed by atoms with van der Waals surface area (Å²) >= 11 is 0. The van der Waals surface area contributed by atoms with Gasteiger partial charge in [0.2, 0.25) is 15.9 Å². The van der Waals surface area contributed by atoms with Gasteiger partial charge in [-0.3, -0.25) is 4.79 Å². The molecule has 24 heavy (non-hydrogen) atoms. The minimum absolute atomic E-state index is 0.0212. The largest absolute Gasteiger partial charge is 0.310 e. The molecule has 128 valence electrons. The van der Waals surface area contributed by atoms with Gasteiger partial charge < -0.3 is 5.32 Å². The second-order valence-electron chi connectivity index (χ2n) is 5.63. The summed E-state index contributed by atoms with van der Waals surface area (Å²) in [5.41, 5.74) is 2.52. The van der Waals surface area contributed by atoms with E-state index in [9.17, 15) is 13.2 Å². The van der Waals surface area contributed by atoms with E-state index >= 15 is 0 Å². The Kier molecular flexibility index (Phi) is 5.69. The van der Waals surface area contributed by atoms with E-state index in [1.807, 2.05) is 26.0 Å². The van der Waals surface area contributed by atoms with Crippen LogP contribution in [0.1, 0.15) is 23.1 Å². The normalized spacial score (nSPS) is 11.3. The van der Waals surface area contributed by atoms with Gasteiger partial charge in [0.05, 0.1) is 4.90 Å². The van der Waals surface area contributed by atoms with Crippen LogP contribution in [0.2, 0.25) is 0 Å². The fourth-order valence-corrected chi connectivity index (χ4v) is 3.54. The highest BCUT2D eigenvalue weighted by Crippen LogP contribution is 2.16. The van der Waals surface area contributed by atoms with E-state index < -0.39 is 10.0 Å². The summed E-state index contributed by atoms with van der Waals surface area (Å²) in [6.07, 6.45) is 1.62. The zero-order valence-corrected chi connectivity index (χ0v) is 14.8. The van der Waals surface area contributed by atoms with E-state index in [4.69, 9.17) is 0 Å². The Bertz CT molecular complexity index is 848. The zero-order valence-electron chi connectivity index (χ0n) is 14.0. The van der Waals surface area contributed by atoms with Crippen LogP contribution in [0.25, 0.3) is 0 Å². The van der Waals surface area contributed by atoms with E-state index in [1.54, 1.807) is 31.3 Å². The molecule has 0 spiro atoms. The number of hydrogen-bond donors (Lipinski definition) is 2. The van der Waals surface area contributed by atoms with Crippen molar-refractivity contribution in [2.45, 2.75) is 32.1 Å². The Morgan fingerprint density at radius 2 is 1.88 bits per heavy atom. The van der Waals surface area contributed by atoms with Crippen LogP contribution in [0.4, 0.5) is 5.82 Å². The molecule has 0 saturated heterocycles. The quantitative estimate of drug-likeness (QED) is 0.839. The highest BCUT2D eigenvalue weighted by atomic mass is 32.2. The van der Waals surface area contributed by atoms with Crippen LogP contribution in [-0.4, -0.2) is 25.9 Å². The summed E-state index contributed by atoms with van der Waals surface area (Å²) in [5, 5.41) is 2.67. The van der Waals surface area contributed by atoms with Crippen LogP contribution >= 0.6 is 0 Å². The number of benzene rings is 1. The summed E-state index contributed by atoms with van der Waals surface area (Å²) in [5.74, 6) is 0.194. The smallest absolute Gasteiger partial charge is 0.240 e. The Morgan fingerprint density at radius 3 is 2.54 bits per heavy atom. The molecule has 1 amide bonds. The van der Waals surface area contributed by atoms with Crippen LogP contribution in [-0.2, 0) is 14.8 Å². The average Bonchev–Trinajstić information content (AvgIpc) is 2.49. The van der Waals surface area contributed by atoms with Crippen molar-refractivity contribution in [2.24, 2.45) is 0 Å². The Balaban J connectivity index is 1.93. The first kappa shape index (κ1) is 18.1. The van der Waals surface area contributed by atoms with Crippen molar-refractivity contribution in [3.8, 4) is 0 Å². The zero-order chi connectivity index (χ0) is 17.7. The van der Waals surface area contributed by atoms with Gasteiger partial charge in [-0.2, -0.15) is 0 Å². The summed E-state index contributed by atoms with van der Waals surface area (Å²) in [4.78, 5) is 16.2. The lowest BCUT2D eigenvalue weighted by Gasteiger charge is -2.10. The van der Waals surface area contributed by atoms with Crippen LogP contribution in [0, 0.1) is 20.8 Å². The number of nitrogens with one attached hydrogen (secondary N) is 2. The topological polar surface area (TPSA) is 88.2 Å². The van der Waals surface area contributed by atoms with Crippen LogP contribution in [0.5, 0.6) is 0 Å². The maximum atomic E-state index is 12.3. The molecule has 2 aromatic rings. The van der Waals surface area contributed by atoms with Crippen LogP contribution < -0.4 is 10.0 Å². The highest BCUT2D eigenvalue weighted by molar-refractivity contribution is 7.89. The van der Waals surface area contributed by atoms with Gasteiger partial charge in [0.25, 0.3) is 0 Å². The molecule has 0 saturated carbocycles. The summed E-state index contributed by atoms with van der Waals surface area (Å²) in [7, 11) is -3.63. The number of sulfonamides is 1. The van der Waals surface area contributed by atoms with E-state index in [1.165, 1.54) is 0 Å². The van der Waals surface area contributed by atoms with Crippen molar-refractivity contribution in [1.82, 2.24) is 9.71 Å². The first-order chi connectivity index (χ1) is 11.3. The molecule has 0 bridgehead atoms. The Morgan fingerprint density at radius 1 is 1.12 bits per heavy atom. The molecular weight excluding hydrogens is 326 g/mol. The monoisotopic (exact) mass is 347 g/mol. The summed E-state index contributed by atoms with van der Waals surface area (Å²) in [6, 6.07) is 8.75. The number of hydrogen-bond acceptors (Lipinski definition) is 4. The van der Waals surface area contributed by atoms with Gasteiger partial charge in [0, 0.05) is 19.2 Å². The van der Waals surface area contributed by atoms with Crippen molar-refractivity contribution in [3.05, 3.63) is 53.2 Å². The van der Waals surface area contributed by atoms with E-state index in [-0.39, 0.29) is 23.8 Å². The lowest BCUT2D eigenvalue weighted by molar-refractivity contribution is -0.116. The summed E-state index contributed by atoms with van der Waals surface area (Å²) in [6.45, 7) is 5.51. The van der Waals surface area contributed by atoms with E-state index in [0.29, 0.717) is 11.4 Å². The van der Waals surface area contributed by atoms with Crippen LogP contribution in [0.15, 0.2) is 41.4 Å². The minimum atomic E-state index is -3.63.